The minimum absolute atomic E-state index is 0.329. The molecule has 1 fully saturated rings. The molecule has 1 rings (SSSR count). The first kappa shape index (κ1) is 21.8. The quantitative estimate of drug-likeness (QED) is 0.258. The Kier molecular flexibility index (Phi) is 12.7. The summed E-state index contributed by atoms with van der Waals surface area (Å²) >= 11 is 0. The van der Waals surface area contributed by atoms with Crippen molar-refractivity contribution in [2.45, 2.75) is 37.6 Å². The molecule has 0 unspecified atom stereocenters. The van der Waals surface area contributed by atoms with E-state index in [1.165, 1.54) is 0 Å². The Morgan fingerprint density at radius 1 is 1.33 bits per heavy atom. The van der Waals surface area contributed by atoms with Crippen LogP contribution in [0, 0.1) is 0 Å². The SMILES string of the molecule is C[SiH2]O.N[C@@H](CC(=O)O)C(=O)O.O=C(O)[C@@H]1C[C@@H](O)CN1. The monoisotopic (exact) mass is 326 g/mol. The van der Waals surface area contributed by atoms with Gasteiger partial charge in [-0.25, -0.2) is 0 Å². The maximum Gasteiger partial charge on any atom is 0.321 e. The van der Waals surface area contributed by atoms with Gasteiger partial charge < -0.3 is 36.3 Å². The van der Waals surface area contributed by atoms with E-state index in [0.717, 1.165) is 0 Å². The van der Waals surface area contributed by atoms with E-state index >= 15 is 0 Å². The largest absolute Gasteiger partial charge is 0.481 e. The third-order valence-electron chi connectivity index (χ3n) is 2.12. The molecule has 1 aliphatic rings. The first-order valence-corrected chi connectivity index (χ1v) is 8.15. The van der Waals surface area contributed by atoms with Crippen molar-refractivity contribution >= 4 is 27.7 Å². The van der Waals surface area contributed by atoms with E-state index in [-0.39, 0.29) is 0 Å². The Hall–Kier alpha value is -1.53. The lowest BCUT2D eigenvalue weighted by Gasteiger charge is -1.99. The Bertz CT molecular complexity index is 341. The summed E-state index contributed by atoms with van der Waals surface area (Å²) in [4.78, 5) is 37.5. The van der Waals surface area contributed by atoms with Crippen LogP contribution in [0.3, 0.4) is 0 Å². The lowest BCUT2D eigenvalue weighted by molar-refractivity contribution is -0.144. The molecule has 1 saturated heterocycles. The van der Waals surface area contributed by atoms with Crippen molar-refractivity contribution in [1.82, 2.24) is 5.32 Å². The summed E-state index contributed by atoms with van der Waals surface area (Å²) in [5.41, 5.74) is 4.84. The van der Waals surface area contributed by atoms with Crippen LogP contribution in [0.2, 0.25) is 6.55 Å². The standard InChI is InChI=1S/C5H9NO3.C4H7NO4.CH6OSi/c7-3-1-4(5(8)9)6-2-3;5-2(4(8)9)1-3(6)7;1-3-2/h3-4,6-7H,1-2H2,(H,8,9);2H,1,5H2,(H,6,7)(H,8,9);2H,3H2,1H3/t3-,4+;2-;/m10./s1. The van der Waals surface area contributed by atoms with Gasteiger partial charge in [-0.15, -0.1) is 0 Å². The molecular formula is C10H22N2O8Si. The number of carboxylic acid groups (broad SMARTS) is 3. The molecule has 124 valence electrons. The number of aliphatic carboxylic acids is 3. The molecule has 0 aromatic heterocycles. The Morgan fingerprint density at radius 3 is 1.95 bits per heavy atom. The Morgan fingerprint density at radius 2 is 1.81 bits per heavy atom. The number of aliphatic hydroxyl groups is 1. The zero-order valence-electron chi connectivity index (χ0n) is 11.6. The van der Waals surface area contributed by atoms with Crippen molar-refractivity contribution in [2.75, 3.05) is 6.54 Å². The molecule has 0 amide bonds. The number of carbonyl (C=O) groups is 3. The van der Waals surface area contributed by atoms with E-state index in [2.05, 4.69) is 5.32 Å². The predicted molar refractivity (Wildman–Crippen MR) is 74.5 cm³/mol. The third-order valence-corrected chi connectivity index (χ3v) is 2.12. The van der Waals surface area contributed by atoms with Gasteiger partial charge in [0.05, 0.1) is 12.5 Å². The van der Waals surface area contributed by atoms with Crippen LogP contribution in [-0.2, 0) is 14.4 Å². The first-order chi connectivity index (χ1) is 9.65. The van der Waals surface area contributed by atoms with Gasteiger partial charge >= 0.3 is 17.9 Å². The topological polar surface area (TPSA) is 190 Å². The number of hydrogen-bond acceptors (Lipinski definition) is 7. The number of nitrogens with two attached hydrogens (primary N) is 1. The van der Waals surface area contributed by atoms with E-state index in [4.69, 9.17) is 31.0 Å². The molecule has 1 heterocycles. The lowest BCUT2D eigenvalue weighted by atomic mass is 10.2. The van der Waals surface area contributed by atoms with Crippen LogP contribution in [0.25, 0.3) is 0 Å². The fourth-order valence-electron chi connectivity index (χ4n) is 1.18. The third kappa shape index (κ3) is 13.2. The van der Waals surface area contributed by atoms with E-state index in [1.807, 2.05) is 6.55 Å². The maximum atomic E-state index is 10.2. The van der Waals surface area contributed by atoms with Crippen molar-refractivity contribution in [3.63, 3.8) is 0 Å². The highest BCUT2D eigenvalue weighted by Gasteiger charge is 2.27. The predicted octanol–water partition coefficient (Wildman–Crippen LogP) is -3.22. The molecule has 10 nitrogen and oxygen atoms in total. The summed E-state index contributed by atoms with van der Waals surface area (Å²) in [5.74, 6) is -3.38. The van der Waals surface area contributed by atoms with Crippen LogP contribution < -0.4 is 11.1 Å². The zero-order chi connectivity index (χ0) is 17.0. The molecular weight excluding hydrogens is 304 g/mol. The van der Waals surface area contributed by atoms with E-state index in [1.54, 1.807) is 0 Å². The smallest absolute Gasteiger partial charge is 0.321 e. The molecule has 0 aromatic rings. The van der Waals surface area contributed by atoms with Gasteiger partial charge in [0.15, 0.2) is 9.76 Å². The first-order valence-electron chi connectivity index (χ1n) is 6.10. The Balaban J connectivity index is 0. The molecule has 3 atom stereocenters. The maximum absolute atomic E-state index is 10.2. The molecule has 21 heavy (non-hydrogen) atoms. The van der Waals surface area contributed by atoms with E-state index < -0.39 is 52.3 Å². The lowest BCUT2D eigenvalue weighted by Crippen LogP contribution is -2.32. The highest BCUT2D eigenvalue weighted by Crippen LogP contribution is 2.05. The average Bonchev–Trinajstić information content (AvgIpc) is 2.77. The molecule has 8 N–H and O–H groups in total. The number of β-amino-alcohol motifs (C(OH)–C–C–N with tert-alkyl or cyclic N) is 1. The van der Waals surface area contributed by atoms with Crippen LogP contribution in [0.5, 0.6) is 0 Å². The molecule has 0 saturated carbocycles. The Labute approximate surface area is 123 Å². The van der Waals surface area contributed by atoms with Crippen LogP contribution in [0.1, 0.15) is 12.8 Å². The number of aliphatic hydroxyl groups excluding tert-OH is 1. The number of rotatable bonds is 4. The second-order valence-electron chi connectivity index (χ2n) is 4.05. The summed E-state index contributed by atoms with van der Waals surface area (Å²) in [7, 11) is -0.583. The minimum Gasteiger partial charge on any atom is -0.481 e. The molecule has 0 spiro atoms. The molecule has 0 aliphatic carbocycles. The van der Waals surface area contributed by atoms with E-state index in [0.29, 0.717) is 13.0 Å². The van der Waals surface area contributed by atoms with Crippen molar-refractivity contribution in [3.05, 3.63) is 0 Å². The average molecular weight is 326 g/mol. The highest BCUT2D eigenvalue weighted by atomic mass is 28.2. The summed E-state index contributed by atoms with van der Waals surface area (Å²) in [6.45, 7) is 2.22. The van der Waals surface area contributed by atoms with Gasteiger partial charge in [0, 0.05) is 13.0 Å². The van der Waals surface area contributed by atoms with Crippen LogP contribution in [0.4, 0.5) is 0 Å². The van der Waals surface area contributed by atoms with Gasteiger partial charge in [-0.1, -0.05) is 6.55 Å². The fraction of sp³-hybridized carbons (Fsp3) is 0.700. The van der Waals surface area contributed by atoms with Crippen molar-refractivity contribution in [1.29, 1.82) is 0 Å². The van der Waals surface area contributed by atoms with Crippen LogP contribution >= 0.6 is 0 Å². The van der Waals surface area contributed by atoms with Crippen LogP contribution in [-0.4, -0.2) is 77.6 Å². The van der Waals surface area contributed by atoms with Crippen molar-refractivity contribution in [3.8, 4) is 0 Å². The summed E-state index contributed by atoms with van der Waals surface area (Å²) < 4.78 is 0. The number of carboxylic acids is 3. The second kappa shape index (κ2) is 12.2. The number of hydrogen-bond donors (Lipinski definition) is 7. The van der Waals surface area contributed by atoms with Gasteiger partial charge in [-0.05, 0) is 0 Å². The van der Waals surface area contributed by atoms with E-state index in [9.17, 15) is 14.4 Å². The van der Waals surface area contributed by atoms with Gasteiger partial charge in [0.1, 0.15) is 12.1 Å². The van der Waals surface area contributed by atoms with Gasteiger partial charge in [0.25, 0.3) is 0 Å². The minimum atomic E-state index is -1.29. The fourth-order valence-corrected chi connectivity index (χ4v) is 1.18. The summed E-state index contributed by atoms with van der Waals surface area (Å²) in [6.07, 6.45) is -0.684. The molecule has 1 aliphatic heterocycles. The molecule has 11 heteroatoms. The highest BCUT2D eigenvalue weighted by molar-refractivity contribution is 6.22. The molecule has 0 bridgehead atoms. The van der Waals surface area contributed by atoms with Crippen molar-refractivity contribution in [2.24, 2.45) is 5.73 Å². The van der Waals surface area contributed by atoms with Crippen LogP contribution in [0.15, 0.2) is 0 Å². The zero-order valence-corrected chi connectivity index (χ0v) is 13.0. The normalized spacial score (nSPS) is 21.7. The summed E-state index contributed by atoms with van der Waals surface area (Å²) in [5, 5.41) is 35.9. The molecule has 0 aromatic carbocycles. The van der Waals surface area contributed by atoms with Gasteiger partial charge in [0.2, 0.25) is 0 Å². The second-order valence-corrected chi connectivity index (χ2v) is 4.68. The molecule has 0 radical (unpaired) electrons. The van der Waals surface area contributed by atoms with Crippen molar-refractivity contribution < 1.29 is 39.6 Å². The van der Waals surface area contributed by atoms with Gasteiger partial charge in [-0.2, -0.15) is 0 Å². The van der Waals surface area contributed by atoms with Gasteiger partial charge in [-0.3, -0.25) is 14.4 Å². The summed E-state index contributed by atoms with van der Waals surface area (Å²) in [6, 6.07) is -1.83. The number of nitrogens with one attached hydrogen (secondary N) is 1.